The van der Waals surface area contributed by atoms with Crippen molar-refractivity contribution in [2.75, 3.05) is 26.3 Å². The number of nitrogens with zero attached hydrogens (tertiary/aromatic N) is 1. The number of aliphatic imine (C=N–C) groups is 1. The van der Waals surface area contributed by atoms with Crippen LogP contribution in [0.2, 0.25) is 0 Å². The number of ether oxygens (including phenoxy) is 1. The molecule has 0 fully saturated rings. The fourth-order valence-electron chi connectivity index (χ4n) is 1.87. The molecule has 6 heteroatoms. The highest BCUT2D eigenvalue weighted by molar-refractivity contribution is 5.79. The van der Waals surface area contributed by atoms with Crippen molar-refractivity contribution in [3.8, 4) is 0 Å². The summed E-state index contributed by atoms with van der Waals surface area (Å²) in [4.78, 5) is 4.28. The van der Waals surface area contributed by atoms with E-state index >= 15 is 0 Å². The second kappa shape index (κ2) is 10.9. The van der Waals surface area contributed by atoms with Crippen LogP contribution in [0.5, 0.6) is 0 Å². The maximum absolute atomic E-state index is 13.6. The van der Waals surface area contributed by atoms with Gasteiger partial charge in [-0.15, -0.1) is 0 Å². The lowest BCUT2D eigenvalue weighted by molar-refractivity contribution is 0.108. The Bertz CT molecular complexity index is 493. The SMILES string of the molecule is CCNC(=NCc1cc(F)ccc1F)NCCCOCC(C)C. The Balaban J connectivity index is 2.42. The lowest BCUT2D eigenvalue weighted by Crippen LogP contribution is -2.38. The van der Waals surface area contributed by atoms with Gasteiger partial charge in [-0.3, -0.25) is 0 Å². The van der Waals surface area contributed by atoms with Crippen LogP contribution in [-0.2, 0) is 11.3 Å². The average molecular weight is 327 g/mol. The second-order valence-electron chi connectivity index (χ2n) is 5.68. The van der Waals surface area contributed by atoms with Gasteiger partial charge < -0.3 is 15.4 Å². The van der Waals surface area contributed by atoms with Gasteiger partial charge in [0.2, 0.25) is 0 Å². The molecule has 0 aliphatic rings. The van der Waals surface area contributed by atoms with Crippen LogP contribution < -0.4 is 10.6 Å². The van der Waals surface area contributed by atoms with E-state index in [1.807, 2.05) is 6.92 Å². The highest BCUT2D eigenvalue weighted by atomic mass is 19.1. The van der Waals surface area contributed by atoms with Gasteiger partial charge in [0.05, 0.1) is 6.54 Å². The van der Waals surface area contributed by atoms with Crippen molar-refractivity contribution < 1.29 is 13.5 Å². The first-order valence-corrected chi connectivity index (χ1v) is 8.06. The first-order chi connectivity index (χ1) is 11.0. The molecule has 0 atom stereocenters. The number of hydrogen-bond donors (Lipinski definition) is 2. The smallest absolute Gasteiger partial charge is 0.191 e. The van der Waals surface area contributed by atoms with Crippen LogP contribution >= 0.6 is 0 Å². The molecule has 0 aliphatic heterocycles. The minimum atomic E-state index is -0.461. The van der Waals surface area contributed by atoms with Crippen LogP contribution in [0.4, 0.5) is 8.78 Å². The van der Waals surface area contributed by atoms with Crippen molar-refractivity contribution in [3.63, 3.8) is 0 Å². The number of hydrogen-bond acceptors (Lipinski definition) is 2. The third kappa shape index (κ3) is 8.50. The Morgan fingerprint density at radius 3 is 2.74 bits per heavy atom. The number of halogens is 2. The Kier molecular flexibility index (Phi) is 9.21. The van der Waals surface area contributed by atoms with E-state index in [2.05, 4.69) is 29.5 Å². The maximum Gasteiger partial charge on any atom is 0.191 e. The number of benzene rings is 1. The molecule has 130 valence electrons. The number of guanidine groups is 1. The van der Waals surface area contributed by atoms with Gasteiger partial charge in [-0.1, -0.05) is 13.8 Å². The first-order valence-electron chi connectivity index (χ1n) is 8.06. The molecule has 0 saturated carbocycles. The molecule has 23 heavy (non-hydrogen) atoms. The summed E-state index contributed by atoms with van der Waals surface area (Å²) in [5.41, 5.74) is 0.238. The molecule has 1 aromatic rings. The normalized spacial score (nSPS) is 11.8. The summed E-state index contributed by atoms with van der Waals surface area (Å²) in [5, 5.41) is 6.23. The van der Waals surface area contributed by atoms with Crippen LogP contribution in [0.3, 0.4) is 0 Å². The monoisotopic (exact) mass is 327 g/mol. The molecule has 4 nitrogen and oxygen atoms in total. The average Bonchev–Trinajstić information content (AvgIpc) is 2.50. The quantitative estimate of drug-likeness (QED) is 0.416. The predicted octanol–water partition coefficient (Wildman–Crippen LogP) is 3.08. The van der Waals surface area contributed by atoms with Crippen LogP contribution in [0.1, 0.15) is 32.8 Å². The summed E-state index contributed by atoms with van der Waals surface area (Å²) in [5.74, 6) is 0.202. The van der Waals surface area contributed by atoms with Gasteiger partial charge in [-0.05, 0) is 37.5 Å². The van der Waals surface area contributed by atoms with Crippen LogP contribution in [-0.4, -0.2) is 32.3 Å². The van der Waals surface area contributed by atoms with Crippen LogP contribution in [0.15, 0.2) is 23.2 Å². The summed E-state index contributed by atoms with van der Waals surface area (Å²) in [7, 11) is 0. The van der Waals surface area contributed by atoms with E-state index in [0.717, 1.165) is 25.2 Å². The summed E-state index contributed by atoms with van der Waals surface area (Å²) >= 11 is 0. The van der Waals surface area contributed by atoms with Gasteiger partial charge in [0.15, 0.2) is 5.96 Å². The molecule has 0 bridgehead atoms. The van der Waals surface area contributed by atoms with Gasteiger partial charge in [0, 0.05) is 31.9 Å². The summed E-state index contributed by atoms with van der Waals surface area (Å²) in [6.07, 6.45) is 0.853. The highest BCUT2D eigenvalue weighted by Gasteiger charge is 2.04. The molecule has 0 unspecified atom stereocenters. The van der Waals surface area contributed by atoms with E-state index in [1.54, 1.807) is 0 Å². The fraction of sp³-hybridized carbons (Fsp3) is 0.588. The summed E-state index contributed by atoms with van der Waals surface area (Å²) in [6.45, 7) is 9.10. The Labute approximate surface area is 137 Å². The van der Waals surface area contributed by atoms with Crippen molar-refractivity contribution >= 4 is 5.96 Å². The molecule has 0 aliphatic carbocycles. The molecule has 0 saturated heterocycles. The van der Waals surface area contributed by atoms with Crippen LogP contribution in [0.25, 0.3) is 0 Å². The maximum atomic E-state index is 13.6. The van der Waals surface area contributed by atoms with E-state index < -0.39 is 11.6 Å². The second-order valence-corrected chi connectivity index (χ2v) is 5.68. The standard InChI is InChI=1S/C17H27F2N3O/c1-4-20-17(21-8-5-9-23-12-13(2)3)22-11-14-10-15(18)6-7-16(14)19/h6-7,10,13H,4-5,8-9,11-12H2,1-3H3,(H2,20,21,22). The van der Waals surface area contributed by atoms with E-state index in [9.17, 15) is 8.78 Å². The van der Waals surface area contributed by atoms with Gasteiger partial charge in [0.25, 0.3) is 0 Å². The van der Waals surface area contributed by atoms with Gasteiger partial charge in [-0.2, -0.15) is 0 Å². The number of nitrogens with one attached hydrogen (secondary N) is 2. The zero-order valence-electron chi connectivity index (χ0n) is 14.2. The van der Waals surface area contributed by atoms with E-state index in [1.165, 1.54) is 6.07 Å². The third-order valence-electron chi connectivity index (χ3n) is 2.97. The number of rotatable bonds is 9. The molecule has 1 aromatic carbocycles. The Hall–Kier alpha value is -1.69. The molecule has 0 amide bonds. The minimum Gasteiger partial charge on any atom is -0.381 e. The topological polar surface area (TPSA) is 45.7 Å². The molecule has 1 rings (SSSR count). The lowest BCUT2D eigenvalue weighted by Gasteiger charge is -2.12. The van der Waals surface area contributed by atoms with Gasteiger partial charge >= 0.3 is 0 Å². The fourth-order valence-corrected chi connectivity index (χ4v) is 1.87. The molecule has 2 N–H and O–H groups in total. The van der Waals surface area contributed by atoms with E-state index in [-0.39, 0.29) is 12.1 Å². The predicted molar refractivity (Wildman–Crippen MR) is 89.5 cm³/mol. The summed E-state index contributed by atoms with van der Waals surface area (Å²) < 4.78 is 32.2. The molecule has 0 aromatic heterocycles. The lowest BCUT2D eigenvalue weighted by atomic mass is 10.2. The minimum absolute atomic E-state index is 0.0861. The van der Waals surface area contributed by atoms with E-state index in [0.29, 0.717) is 31.6 Å². The van der Waals surface area contributed by atoms with Crippen molar-refractivity contribution in [1.82, 2.24) is 10.6 Å². The van der Waals surface area contributed by atoms with Crippen LogP contribution in [0, 0.1) is 17.6 Å². The van der Waals surface area contributed by atoms with Crippen molar-refractivity contribution in [3.05, 3.63) is 35.4 Å². The Morgan fingerprint density at radius 2 is 2.04 bits per heavy atom. The van der Waals surface area contributed by atoms with Crippen molar-refractivity contribution in [2.45, 2.75) is 33.7 Å². The molecular formula is C17H27F2N3O. The first kappa shape index (κ1) is 19.4. The largest absolute Gasteiger partial charge is 0.381 e. The third-order valence-corrected chi connectivity index (χ3v) is 2.97. The molecule has 0 spiro atoms. The Morgan fingerprint density at radius 1 is 1.26 bits per heavy atom. The molecular weight excluding hydrogens is 300 g/mol. The summed E-state index contributed by atoms with van der Waals surface area (Å²) in [6, 6.07) is 3.39. The van der Waals surface area contributed by atoms with Crippen molar-refractivity contribution in [2.24, 2.45) is 10.9 Å². The van der Waals surface area contributed by atoms with Gasteiger partial charge in [0.1, 0.15) is 11.6 Å². The molecule has 0 heterocycles. The van der Waals surface area contributed by atoms with Gasteiger partial charge in [-0.25, -0.2) is 13.8 Å². The van der Waals surface area contributed by atoms with E-state index in [4.69, 9.17) is 4.74 Å². The molecule has 0 radical (unpaired) electrons. The zero-order valence-corrected chi connectivity index (χ0v) is 14.2. The zero-order chi connectivity index (χ0) is 17.1. The highest BCUT2D eigenvalue weighted by Crippen LogP contribution is 2.10. The van der Waals surface area contributed by atoms with Crippen molar-refractivity contribution in [1.29, 1.82) is 0 Å².